The number of nitrogens with zero attached hydrogens (tertiary/aromatic N) is 1. The second-order valence-electron chi connectivity index (χ2n) is 4.48. The number of phenolic OH excluding ortho intramolecular Hbond substituents is 1. The number of aromatic hydroxyl groups is 1. The topological polar surface area (TPSA) is 80.2 Å². The van der Waals surface area contributed by atoms with E-state index in [4.69, 9.17) is 21.1 Å². The number of hydrogen-bond acceptors (Lipinski definition) is 5. The molecule has 0 radical (unpaired) electrons. The lowest BCUT2D eigenvalue weighted by Gasteiger charge is -2.08. The fraction of sp³-hybridized carbons (Fsp3) is 0.125. The number of methoxy groups -OCH3 is 2. The highest BCUT2D eigenvalue weighted by Crippen LogP contribution is 2.27. The van der Waals surface area contributed by atoms with Crippen molar-refractivity contribution < 1.29 is 19.4 Å². The van der Waals surface area contributed by atoms with Crippen LogP contribution in [-0.2, 0) is 0 Å². The highest BCUT2D eigenvalue weighted by atomic mass is 35.5. The number of carbonyl (C=O) groups is 1. The van der Waals surface area contributed by atoms with Crippen LogP contribution >= 0.6 is 11.6 Å². The highest BCUT2D eigenvalue weighted by Gasteiger charge is 2.09. The SMILES string of the molecule is COc1ccc(C(=O)N/N=C/c2ccc(O)c(Cl)c2)cc1OC. The highest BCUT2D eigenvalue weighted by molar-refractivity contribution is 6.32. The molecule has 0 aromatic heterocycles. The lowest BCUT2D eigenvalue weighted by atomic mass is 10.2. The van der Waals surface area contributed by atoms with Gasteiger partial charge in [-0.1, -0.05) is 11.6 Å². The lowest BCUT2D eigenvalue weighted by molar-refractivity contribution is 0.0954. The smallest absolute Gasteiger partial charge is 0.271 e. The summed E-state index contributed by atoms with van der Waals surface area (Å²) >= 11 is 5.79. The van der Waals surface area contributed by atoms with Crippen molar-refractivity contribution in [2.75, 3.05) is 14.2 Å². The van der Waals surface area contributed by atoms with E-state index in [0.717, 1.165) is 0 Å². The van der Waals surface area contributed by atoms with Crippen molar-refractivity contribution in [1.29, 1.82) is 0 Å². The molecule has 2 rings (SSSR count). The molecule has 0 bridgehead atoms. The number of nitrogens with one attached hydrogen (secondary N) is 1. The Morgan fingerprint density at radius 3 is 2.57 bits per heavy atom. The number of rotatable bonds is 5. The Kier molecular flexibility index (Phi) is 5.43. The summed E-state index contributed by atoms with van der Waals surface area (Å²) in [5.74, 6) is 0.575. The van der Waals surface area contributed by atoms with E-state index < -0.39 is 5.91 Å². The number of benzene rings is 2. The monoisotopic (exact) mass is 334 g/mol. The molecule has 0 aliphatic heterocycles. The molecule has 2 aromatic carbocycles. The Bertz CT molecular complexity index is 747. The molecule has 0 atom stereocenters. The van der Waals surface area contributed by atoms with E-state index in [9.17, 15) is 9.90 Å². The third kappa shape index (κ3) is 4.14. The predicted octanol–water partition coefficient (Wildman–Crippen LogP) is 2.83. The first-order valence-electron chi connectivity index (χ1n) is 6.59. The van der Waals surface area contributed by atoms with E-state index in [1.54, 1.807) is 24.3 Å². The number of carbonyl (C=O) groups excluding carboxylic acids is 1. The molecular formula is C16H15ClN2O4. The third-order valence-electron chi connectivity index (χ3n) is 3.00. The van der Waals surface area contributed by atoms with E-state index in [1.165, 1.54) is 32.6 Å². The van der Waals surface area contributed by atoms with E-state index >= 15 is 0 Å². The third-order valence-corrected chi connectivity index (χ3v) is 3.30. The van der Waals surface area contributed by atoms with Gasteiger partial charge >= 0.3 is 0 Å². The molecule has 0 fully saturated rings. The van der Waals surface area contributed by atoms with Crippen LogP contribution in [0.15, 0.2) is 41.5 Å². The Morgan fingerprint density at radius 1 is 1.17 bits per heavy atom. The zero-order valence-electron chi connectivity index (χ0n) is 12.5. The second kappa shape index (κ2) is 7.51. The first-order valence-corrected chi connectivity index (χ1v) is 6.97. The molecule has 0 aliphatic carbocycles. The first-order chi connectivity index (χ1) is 11.0. The van der Waals surface area contributed by atoms with E-state index in [1.807, 2.05) is 0 Å². The molecule has 0 aliphatic rings. The van der Waals surface area contributed by atoms with Crippen LogP contribution in [0.2, 0.25) is 5.02 Å². The van der Waals surface area contributed by atoms with Crippen LogP contribution in [0.3, 0.4) is 0 Å². The molecule has 0 unspecified atom stereocenters. The van der Waals surface area contributed by atoms with Crippen LogP contribution < -0.4 is 14.9 Å². The van der Waals surface area contributed by atoms with Gasteiger partial charge in [0, 0.05) is 5.56 Å². The molecule has 0 saturated carbocycles. The minimum absolute atomic E-state index is 0.0156. The van der Waals surface area contributed by atoms with Crippen LogP contribution in [0.5, 0.6) is 17.2 Å². The van der Waals surface area contributed by atoms with Crippen LogP contribution in [0.4, 0.5) is 0 Å². The maximum Gasteiger partial charge on any atom is 0.271 e. The van der Waals surface area contributed by atoms with Crippen molar-refractivity contribution >= 4 is 23.7 Å². The largest absolute Gasteiger partial charge is 0.506 e. The number of hydrogen-bond donors (Lipinski definition) is 2. The first kappa shape index (κ1) is 16.6. The van der Waals surface area contributed by atoms with Gasteiger partial charge in [-0.2, -0.15) is 5.10 Å². The zero-order chi connectivity index (χ0) is 16.8. The van der Waals surface area contributed by atoms with E-state index in [-0.39, 0.29) is 10.8 Å². The molecule has 0 heterocycles. The summed E-state index contributed by atoms with van der Waals surface area (Å²) in [5.41, 5.74) is 3.42. The lowest BCUT2D eigenvalue weighted by Crippen LogP contribution is -2.17. The number of hydrazone groups is 1. The van der Waals surface area contributed by atoms with Gasteiger partial charge in [-0.25, -0.2) is 5.43 Å². The number of phenols is 1. The molecule has 0 saturated heterocycles. The predicted molar refractivity (Wildman–Crippen MR) is 87.7 cm³/mol. The molecule has 120 valence electrons. The van der Waals surface area contributed by atoms with Gasteiger partial charge in [0.25, 0.3) is 5.91 Å². The molecule has 2 N–H and O–H groups in total. The normalized spacial score (nSPS) is 10.6. The summed E-state index contributed by atoms with van der Waals surface area (Å²) in [6.45, 7) is 0. The van der Waals surface area contributed by atoms with Gasteiger partial charge in [0.15, 0.2) is 11.5 Å². The van der Waals surface area contributed by atoms with Crippen LogP contribution in [0.1, 0.15) is 15.9 Å². The van der Waals surface area contributed by atoms with Gasteiger partial charge in [-0.05, 0) is 42.0 Å². The van der Waals surface area contributed by atoms with Crippen LogP contribution in [-0.4, -0.2) is 31.4 Å². The quantitative estimate of drug-likeness (QED) is 0.651. The minimum atomic E-state index is -0.396. The van der Waals surface area contributed by atoms with E-state index in [2.05, 4.69) is 10.5 Å². The summed E-state index contributed by atoms with van der Waals surface area (Å²) in [4.78, 5) is 12.0. The van der Waals surface area contributed by atoms with Crippen LogP contribution in [0, 0.1) is 0 Å². The number of halogens is 1. The molecule has 6 nitrogen and oxygen atoms in total. The van der Waals surface area contributed by atoms with Gasteiger partial charge in [-0.3, -0.25) is 4.79 Å². The zero-order valence-corrected chi connectivity index (χ0v) is 13.3. The Hall–Kier alpha value is -2.73. The maximum atomic E-state index is 12.0. The van der Waals surface area contributed by atoms with Gasteiger partial charge in [0.2, 0.25) is 0 Å². The molecule has 1 amide bonds. The van der Waals surface area contributed by atoms with Crippen LogP contribution in [0.25, 0.3) is 0 Å². The average Bonchev–Trinajstić information content (AvgIpc) is 2.57. The standard InChI is InChI=1S/C16H15ClN2O4/c1-22-14-6-4-11(8-15(14)23-2)16(21)19-18-9-10-3-5-13(20)12(17)7-10/h3-9,20H,1-2H3,(H,19,21)/b18-9+. The Labute approximate surface area is 138 Å². The van der Waals surface area contributed by atoms with Crippen molar-refractivity contribution in [2.45, 2.75) is 0 Å². The Balaban J connectivity index is 2.07. The fourth-order valence-corrected chi connectivity index (χ4v) is 2.00. The van der Waals surface area contributed by atoms with Crippen molar-refractivity contribution in [2.24, 2.45) is 5.10 Å². The fourth-order valence-electron chi connectivity index (χ4n) is 1.81. The maximum absolute atomic E-state index is 12.0. The minimum Gasteiger partial charge on any atom is -0.506 e. The van der Waals surface area contributed by atoms with Gasteiger partial charge < -0.3 is 14.6 Å². The second-order valence-corrected chi connectivity index (χ2v) is 4.89. The summed E-state index contributed by atoms with van der Waals surface area (Å²) in [6, 6.07) is 9.39. The summed E-state index contributed by atoms with van der Waals surface area (Å²) in [6.07, 6.45) is 1.42. The molecule has 23 heavy (non-hydrogen) atoms. The summed E-state index contributed by atoms with van der Waals surface area (Å²) in [5, 5.41) is 13.4. The molecule has 0 spiro atoms. The number of ether oxygens (including phenoxy) is 2. The van der Waals surface area contributed by atoms with Gasteiger partial charge in [0.1, 0.15) is 5.75 Å². The van der Waals surface area contributed by atoms with Crippen molar-refractivity contribution in [1.82, 2.24) is 5.43 Å². The Morgan fingerprint density at radius 2 is 1.91 bits per heavy atom. The molecule has 2 aromatic rings. The van der Waals surface area contributed by atoms with Crippen molar-refractivity contribution in [3.63, 3.8) is 0 Å². The summed E-state index contributed by atoms with van der Waals surface area (Å²) < 4.78 is 10.3. The van der Waals surface area contributed by atoms with Crippen molar-refractivity contribution in [3.05, 3.63) is 52.5 Å². The summed E-state index contributed by atoms with van der Waals surface area (Å²) in [7, 11) is 3.01. The van der Waals surface area contributed by atoms with Crippen molar-refractivity contribution in [3.8, 4) is 17.2 Å². The average molecular weight is 335 g/mol. The molecule has 7 heteroatoms. The molecular weight excluding hydrogens is 320 g/mol. The van der Waals surface area contributed by atoms with Gasteiger partial charge in [0.05, 0.1) is 25.5 Å². The number of amides is 1. The van der Waals surface area contributed by atoms with Gasteiger partial charge in [-0.15, -0.1) is 0 Å². The van der Waals surface area contributed by atoms with E-state index in [0.29, 0.717) is 22.6 Å².